The van der Waals surface area contributed by atoms with Gasteiger partial charge in [0.25, 0.3) is 0 Å². The molecule has 3 rings (SSSR count). The van der Waals surface area contributed by atoms with Crippen molar-refractivity contribution in [3.8, 4) is 0 Å². The Bertz CT molecular complexity index is 436. The average Bonchev–Trinajstić information content (AvgIpc) is 3.08. The molecule has 0 unspecified atom stereocenters. The number of guanidine groups is 1. The predicted molar refractivity (Wildman–Crippen MR) is 96.9 cm³/mol. The van der Waals surface area contributed by atoms with Crippen LogP contribution in [0.4, 0.5) is 0 Å². The van der Waals surface area contributed by atoms with Crippen LogP contribution in [0.1, 0.15) is 37.0 Å². The predicted octanol–water partition coefficient (Wildman–Crippen LogP) is 3.61. The van der Waals surface area contributed by atoms with Crippen LogP contribution in [-0.4, -0.2) is 19.6 Å². The second kappa shape index (κ2) is 7.11. The summed E-state index contributed by atoms with van der Waals surface area (Å²) in [6.45, 7) is 1.97. The Morgan fingerprint density at radius 2 is 2.20 bits per heavy atom. The average molecular weight is 405 g/mol. The van der Waals surface area contributed by atoms with Gasteiger partial charge in [-0.1, -0.05) is 12.5 Å². The molecule has 3 nitrogen and oxygen atoms in total. The monoisotopic (exact) mass is 405 g/mol. The summed E-state index contributed by atoms with van der Waals surface area (Å²) >= 11 is 1.78. The van der Waals surface area contributed by atoms with Gasteiger partial charge in [-0.05, 0) is 48.5 Å². The lowest BCUT2D eigenvalue weighted by molar-refractivity contribution is 0.106. The van der Waals surface area contributed by atoms with Gasteiger partial charge >= 0.3 is 0 Å². The molecular weight excluding hydrogens is 381 g/mol. The first-order valence-corrected chi connectivity index (χ1v) is 8.17. The molecule has 0 bridgehead atoms. The SMILES string of the molecule is CN=C(NCc1cccs1)NCC1(C2CC2)CCC1.I. The van der Waals surface area contributed by atoms with Gasteiger partial charge in [0.2, 0.25) is 0 Å². The van der Waals surface area contributed by atoms with Crippen LogP contribution in [0, 0.1) is 11.3 Å². The third kappa shape index (κ3) is 3.67. The molecule has 2 aliphatic carbocycles. The van der Waals surface area contributed by atoms with Crippen LogP contribution in [0.5, 0.6) is 0 Å². The summed E-state index contributed by atoms with van der Waals surface area (Å²) < 4.78 is 0. The number of thiophene rings is 1. The zero-order valence-electron chi connectivity index (χ0n) is 12.0. The van der Waals surface area contributed by atoms with Crippen molar-refractivity contribution in [2.24, 2.45) is 16.3 Å². The van der Waals surface area contributed by atoms with Gasteiger partial charge in [-0.3, -0.25) is 4.99 Å². The maximum Gasteiger partial charge on any atom is 0.191 e. The molecule has 1 aromatic rings. The molecule has 0 amide bonds. The molecule has 5 heteroatoms. The van der Waals surface area contributed by atoms with E-state index in [1.807, 2.05) is 7.05 Å². The molecule has 0 aromatic carbocycles. The van der Waals surface area contributed by atoms with Crippen LogP contribution >= 0.6 is 35.3 Å². The van der Waals surface area contributed by atoms with Crippen LogP contribution in [0.15, 0.2) is 22.5 Å². The van der Waals surface area contributed by atoms with E-state index >= 15 is 0 Å². The third-order valence-electron chi connectivity index (χ3n) is 4.63. The van der Waals surface area contributed by atoms with E-state index in [0.29, 0.717) is 5.41 Å². The highest BCUT2D eigenvalue weighted by molar-refractivity contribution is 14.0. The van der Waals surface area contributed by atoms with Gasteiger partial charge in [-0.25, -0.2) is 0 Å². The van der Waals surface area contributed by atoms with Crippen molar-refractivity contribution in [3.05, 3.63) is 22.4 Å². The molecule has 20 heavy (non-hydrogen) atoms. The second-order valence-electron chi connectivity index (χ2n) is 5.85. The lowest BCUT2D eigenvalue weighted by atomic mass is 9.65. The van der Waals surface area contributed by atoms with Crippen LogP contribution in [-0.2, 0) is 6.54 Å². The van der Waals surface area contributed by atoms with Gasteiger partial charge in [0.05, 0.1) is 6.54 Å². The van der Waals surface area contributed by atoms with Crippen molar-refractivity contribution >= 4 is 41.3 Å². The van der Waals surface area contributed by atoms with Crippen LogP contribution in [0.2, 0.25) is 0 Å². The first-order valence-electron chi connectivity index (χ1n) is 7.29. The quantitative estimate of drug-likeness (QED) is 0.446. The van der Waals surface area contributed by atoms with E-state index in [1.54, 1.807) is 11.3 Å². The second-order valence-corrected chi connectivity index (χ2v) is 6.88. The minimum Gasteiger partial charge on any atom is -0.356 e. The highest BCUT2D eigenvalue weighted by atomic mass is 127. The summed E-state index contributed by atoms with van der Waals surface area (Å²) in [5, 5.41) is 9.06. The number of rotatable bonds is 5. The molecule has 2 saturated carbocycles. The summed E-state index contributed by atoms with van der Waals surface area (Å²) in [5.41, 5.74) is 0.598. The Morgan fingerprint density at radius 1 is 1.40 bits per heavy atom. The van der Waals surface area contributed by atoms with Crippen molar-refractivity contribution in [1.82, 2.24) is 10.6 Å². The Labute approximate surface area is 142 Å². The van der Waals surface area contributed by atoms with Crippen molar-refractivity contribution in [1.29, 1.82) is 0 Å². The van der Waals surface area contributed by atoms with E-state index in [4.69, 9.17) is 0 Å². The van der Waals surface area contributed by atoms with Gasteiger partial charge in [0, 0.05) is 18.5 Å². The lowest BCUT2D eigenvalue weighted by Crippen LogP contribution is -2.47. The zero-order chi connectivity index (χ0) is 13.1. The van der Waals surface area contributed by atoms with Gasteiger partial charge in [-0.2, -0.15) is 0 Å². The molecule has 2 aliphatic rings. The van der Waals surface area contributed by atoms with Crippen molar-refractivity contribution < 1.29 is 0 Å². The Hall–Kier alpha value is -0.300. The third-order valence-corrected chi connectivity index (χ3v) is 5.51. The van der Waals surface area contributed by atoms with Crippen molar-refractivity contribution in [2.45, 2.75) is 38.6 Å². The minimum atomic E-state index is 0. The first-order chi connectivity index (χ1) is 9.32. The summed E-state index contributed by atoms with van der Waals surface area (Å²) in [5.74, 6) is 1.93. The fourth-order valence-corrected chi connectivity index (χ4v) is 3.76. The first kappa shape index (κ1) is 16.1. The van der Waals surface area contributed by atoms with Crippen LogP contribution in [0.25, 0.3) is 0 Å². The van der Waals surface area contributed by atoms with Gasteiger partial charge in [0.15, 0.2) is 5.96 Å². The zero-order valence-corrected chi connectivity index (χ0v) is 15.2. The minimum absolute atomic E-state index is 0. The molecule has 0 atom stereocenters. The van der Waals surface area contributed by atoms with E-state index in [2.05, 4.69) is 33.1 Å². The maximum atomic E-state index is 4.33. The van der Waals surface area contributed by atoms with Crippen LogP contribution < -0.4 is 10.6 Å². The highest BCUT2D eigenvalue weighted by Gasteiger charge is 2.48. The van der Waals surface area contributed by atoms with Gasteiger partial charge in [-0.15, -0.1) is 35.3 Å². The maximum absolute atomic E-state index is 4.33. The largest absolute Gasteiger partial charge is 0.356 e. The molecule has 1 heterocycles. The molecule has 112 valence electrons. The molecular formula is C15H24IN3S. The fraction of sp³-hybridized carbons (Fsp3) is 0.667. The van der Waals surface area contributed by atoms with Gasteiger partial charge < -0.3 is 10.6 Å². The Kier molecular flexibility index (Phi) is 5.72. The summed E-state index contributed by atoms with van der Waals surface area (Å²) in [4.78, 5) is 5.68. The van der Waals surface area contributed by atoms with Crippen molar-refractivity contribution in [2.75, 3.05) is 13.6 Å². The van der Waals surface area contributed by atoms with Crippen LogP contribution in [0.3, 0.4) is 0 Å². The summed E-state index contributed by atoms with van der Waals surface area (Å²) in [7, 11) is 1.86. The van der Waals surface area contributed by atoms with Crippen molar-refractivity contribution in [3.63, 3.8) is 0 Å². The van der Waals surface area contributed by atoms with E-state index in [1.165, 1.54) is 37.0 Å². The van der Waals surface area contributed by atoms with E-state index in [9.17, 15) is 0 Å². The number of hydrogen-bond acceptors (Lipinski definition) is 2. The van der Waals surface area contributed by atoms with E-state index in [0.717, 1.165) is 25.0 Å². The molecule has 0 spiro atoms. The summed E-state index contributed by atoms with van der Waals surface area (Å²) in [6.07, 6.45) is 7.13. The number of halogens is 1. The molecule has 2 N–H and O–H groups in total. The summed E-state index contributed by atoms with van der Waals surface area (Å²) in [6, 6.07) is 4.25. The molecule has 2 fully saturated rings. The molecule has 1 aromatic heterocycles. The lowest BCUT2D eigenvalue weighted by Gasteiger charge is -2.43. The van der Waals surface area contributed by atoms with E-state index < -0.39 is 0 Å². The number of hydrogen-bond donors (Lipinski definition) is 2. The number of nitrogens with zero attached hydrogens (tertiary/aromatic N) is 1. The topological polar surface area (TPSA) is 36.4 Å². The Balaban J connectivity index is 0.00000147. The normalized spacial score (nSPS) is 20.8. The fourth-order valence-electron chi connectivity index (χ4n) is 3.12. The van der Waals surface area contributed by atoms with E-state index in [-0.39, 0.29) is 24.0 Å². The standard InChI is InChI=1S/C15H23N3S.HI/c1-16-14(17-10-13-4-2-9-19-13)18-11-15(7-3-8-15)12-5-6-12;/h2,4,9,12H,3,5-8,10-11H2,1H3,(H2,16,17,18);1H. The van der Waals surface area contributed by atoms with Gasteiger partial charge in [0.1, 0.15) is 0 Å². The number of nitrogens with one attached hydrogen (secondary N) is 2. The molecule has 0 radical (unpaired) electrons. The molecule has 0 saturated heterocycles. The Morgan fingerprint density at radius 3 is 2.70 bits per heavy atom. The smallest absolute Gasteiger partial charge is 0.191 e. The highest BCUT2D eigenvalue weighted by Crippen LogP contribution is 2.56. The number of aliphatic imine (C=N–C) groups is 1. The molecule has 0 aliphatic heterocycles.